The molecule has 0 heterocycles. The lowest BCUT2D eigenvalue weighted by Crippen LogP contribution is -2.11. The van der Waals surface area contributed by atoms with Crippen LogP contribution >= 0.6 is 0 Å². The zero-order valence-electron chi connectivity index (χ0n) is 10.8. The molecular weight excluding hydrogens is 260 g/mol. The molecule has 5 heteroatoms. The van der Waals surface area contributed by atoms with Gasteiger partial charge in [0.25, 0.3) is 0 Å². The topological polar surface area (TPSA) is 81.7 Å². The van der Waals surface area contributed by atoms with E-state index < -0.39 is 26.4 Å². The van der Waals surface area contributed by atoms with Gasteiger partial charge in [-0.1, -0.05) is 31.2 Å². The monoisotopic (exact) mass is 274 g/mol. The van der Waals surface area contributed by atoms with E-state index in [1.54, 1.807) is 0 Å². The third kappa shape index (κ3) is 2.01. The molecule has 2 atom stereocenters. The first kappa shape index (κ1) is 13.6. The van der Waals surface area contributed by atoms with Crippen molar-refractivity contribution in [2.75, 3.05) is 6.26 Å². The molecule has 0 amide bonds. The van der Waals surface area contributed by atoms with Gasteiger partial charge >= 0.3 is 0 Å². The minimum absolute atomic E-state index is 0.539. The number of rotatable bonds is 3. The molecule has 0 unspecified atom stereocenters. The first-order chi connectivity index (χ1) is 8.90. The summed E-state index contributed by atoms with van der Waals surface area (Å²) in [5, 5.41) is 17.5. The average molecular weight is 274 g/mol. The Balaban J connectivity index is 2.45. The van der Waals surface area contributed by atoms with Gasteiger partial charge in [-0.05, 0) is 17.5 Å². The Morgan fingerprint density at radius 3 is 2.05 bits per heavy atom. The van der Waals surface area contributed by atoms with Crippen LogP contribution in [0.25, 0.3) is 0 Å². The van der Waals surface area contributed by atoms with Crippen molar-refractivity contribution in [1.82, 2.24) is 0 Å². The normalized spacial score (nSPS) is 24.2. The molecule has 0 N–H and O–H groups in total. The summed E-state index contributed by atoms with van der Waals surface area (Å²) in [6.07, 6.45) is 1.98. The molecule has 0 bridgehead atoms. The molecule has 1 aromatic carbocycles. The van der Waals surface area contributed by atoms with Crippen LogP contribution in [0.3, 0.4) is 0 Å². The zero-order valence-corrected chi connectivity index (χ0v) is 11.6. The van der Waals surface area contributed by atoms with Crippen molar-refractivity contribution in [3.63, 3.8) is 0 Å². The van der Waals surface area contributed by atoms with Crippen molar-refractivity contribution in [3.05, 3.63) is 35.4 Å². The fourth-order valence-electron chi connectivity index (χ4n) is 2.63. The van der Waals surface area contributed by atoms with Gasteiger partial charge in [-0.15, -0.1) is 0 Å². The molecule has 1 aliphatic carbocycles. The van der Waals surface area contributed by atoms with Gasteiger partial charge < -0.3 is 0 Å². The Morgan fingerprint density at radius 2 is 1.74 bits per heavy atom. The van der Waals surface area contributed by atoms with Crippen molar-refractivity contribution in [3.8, 4) is 12.1 Å². The minimum atomic E-state index is -3.42. The number of aryl methyl sites for hydroxylation is 1. The van der Waals surface area contributed by atoms with E-state index in [0.717, 1.165) is 23.8 Å². The van der Waals surface area contributed by atoms with Gasteiger partial charge in [0.2, 0.25) is 0 Å². The van der Waals surface area contributed by atoms with Crippen LogP contribution in [0.15, 0.2) is 24.3 Å². The molecule has 4 nitrogen and oxygen atoms in total. The molecule has 1 saturated carbocycles. The Bertz CT molecular complexity index is 664. The molecule has 1 aliphatic rings. The Morgan fingerprint density at radius 1 is 1.21 bits per heavy atom. The molecular formula is C14H14N2O2S. The lowest BCUT2D eigenvalue weighted by atomic mass is 10.0. The quantitative estimate of drug-likeness (QED) is 0.841. The number of hydrogen-bond donors (Lipinski definition) is 0. The summed E-state index contributed by atoms with van der Waals surface area (Å²) < 4.78 is 23.5. The third-order valence-corrected chi connectivity index (χ3v) is 5.28. The van der Waals surface area contributed by atoms with Crippen LogP contribution in [-0.2, 0) is 16.3 Å². The smallest absolute Gasteiger partial charge is 0.169 e. The van der Waals surface area contributed by atoms with Crippen LogP contribution in [0.2, 0.25) is 0 Å². The minimum Gasteiger partial charge on any atom is -0.229 e. The van der Waals surface area contributed by atoms with Gasteiger partial charge in [0.05, 0.1) is 12.1 Å². The molecule has 0 aromatic heterocycles. The van der Waals surface area contributed by atoms with E-state index in [9.17, 15) is 18.9 Å². The SMILES string of the molecule is CCc1ccc([C@@H]2[C@@H](S(C)(=O)=O)C2(C#N)C#N)cc1. The maximum atomic E-state index is 11.7. The Labute approximate surface area is 113 Å². The molecule has 98 valence electrons. The van der Waals surface area contributed by atoms with Crippen LogP contribution in [0.1, 0.15) is 24.0 Å². The molecule has 19 heavy (non-hydrogen) atoms. The summed E-state index contributed by atoms with van der Waals surface area (Å²) in [4.78, 5) is 0. The number of hydrogen-bond acceptors (Lipinski definition) is 4. The molecule has 0 spiro atoms. The molecule has 0 saturated heterocycles. The van der Waals surface area contributed by atoms with Gasteiger partial charge in [-0.3, -0.25) is 0 Å². The highest BCUT2D eigenvalue weighted by Gasteiger charge is 2.72. The molecule has 0 radical (unpaired) electrons. The zero-order chi connectivity index (χ0) is 14.3. The highest BCUT2D eigenvalue weighted by atomic mass is 32.2. The van der Waals surface area contributed by atoms with Crippen LogP contribution < -0.4 is 0 Å². The summed E-state index contributed by atoms with van der Waals surface area (Å²) in [6, 6.07) is 11.2. The standard InChI is InChI=1S/C14H14N2O2S/c1-3-10-4-6-11(7-5-10)12-13(19(2,17)18)14(12,8-15)9-16/h4-7,12-13H,3H2,1-2H3/t12-,13-/m1/s1. The first-order valence-electron chi connectivity index (χ1n) is 6.01. The van der Waals surface area contributed by atoms with Gasteiger partial charge in [-0.25, -0.2) is 8.42 Å². The maximum Gasteiger partial charge on any atom is 0.169 e. The predicted octanol–water partition coefficient (Wildman–Crippen LogP) is 1.79. The van der Waals surface area contributed by atoms with Crippen molar-refractivity contribution >= 4 is 9.84 Å². The first-order valence-corrected chi connectivity index (χ1v) is 7.96. The predicted molar refractivity (Wildman–Crippen MR) is 70.9 cm³/mol. The summed E-state index contributed by atoms with van der Waals surface area (Å²) in [5.74, 6) is -0.539. The second-order valence-corrected chi connectivity index (χ2v) is 7.08. The van der Waals surface area contributed by atoms with Crippen LogP contribution in [-0.4, -0.2) is 19.9 Å². The van der Waals surface area contributed by atoms with Gasteiger partial charge in [-0.2, -0.15) is 10.5 Å². The lowest BCUT2D eigenvalue weighted by Gasteiger charge is -2.01. The maximum absolute atomic E-state index is 11.7. The van der Waals surface area contributed by atoms with Gasteiger partial charge in [0, 0.05) is 12.2 Å². The van der Waals surface area contributed by atoms with Gasteiger partial charge in [0.1, 0.15) is 5.25 Å². The fraction of sp³-hybridized carbons (Fsp3) is 0.429. The summed E-state index contributed by atoms with van der Waals surface area (Å²) in [7, 11) is -3.42. The van der Waals surface area contributed by atoms with E-state index in [1.165, 1.54) is 0 Å². The lowest BCUT2D eigenvalue weighted by molar-refractivity contribution is 0.597. The molecule has 2 rings (SSSR count). The van der Waals surface area contributed by atoms with E-state index in [0.29, 0.717) is 0 Å². The summed E-state index contributed by atoms with van der Waals surface area (Å²) in [5.41, 5.74) is 0.456. The van der Waals surface area contributed by atoms with Crippen LogP contribution in [0, 0.1) is 28.1 Å². The van der Waals surface area contributed by atoms with Crippen LogP contribution in [0.4, 0.5) is 0 Å². The fourth-order valence-corrected chi connectivity index (χ4v) is 4.35. The Hall–Kier alpha value is -1.85. The largest absolute Gasteiger partial charge is 0.229 e. The van der Waals surface area contributed by atoms with Gasteiger partial charge in [0.15, 0.2) is 15.3 Å². The molecule has 1 fully saturated rings. The number of nitriles is 2. The number of benzene rings is 1. The average Bonchev–Trinajstić information content (AvgIpc) is 3.09. The van der Waals surface area contributed by atoms with Crippen molar-refractivity contribution in [2.24, 2.45) is 5.41 Å². The van der Waals surface area contributed by atoms with E-state index in [-0.39, 0.29) is 0 Å². The Kier molecular flexibility index (Phi) is 3.12. The molecule has 0 aliphatic heterocycles. The number of nitrogens with zero attached hydrogens (tertiary/aromatic N) is 2. The summed E-state index contributed by atoms with van der Waals surface area (Å²) in [6.45, 7) is 2.03. The third-order valence-electron chi connectivity index (χ3n) is 3.71. The summed E-state index contributed by atoms with van der Waals surface area (Å²) >= 11 is 0. The van der Waals surface area contributed by atoms with Crippen molar-refractivity contribution < 1.29 is 8.42 Å². The van der Waals surface area contributed by atoms with E-state index >= 15 is 0 Å². The second kappa shape index (κ2) is 4.36. The highest BCUT2D eigenvalue weighted by Crippen LogP contribution is 2.62. The van der Waals surface area contributed by atoms with Crippen LogP contribution in [0.5, 0.6) is 0 Å². The molecule has 1 aromatic rings. The highest BCUT2D eigenvalue weighted by molar-refractivity contribution is 7.91. The van der Waals surface area contributed by atoms with E-state index in [4.69, 9.17) is 0 Å². The number of sulfone groups is 1. The van der Waals surface area contributed by atoms with Crippen molar-refractivity contribution in [2.45, 2.75) is 24.5 Å². The van der Waals surface area contributed by atoms with E-state index in [2.05, 4.69) is 0 Å². The van der Waals surface area contributed by atoms with Crippen molar-refractivity contribution in [1.29, 1.82) is 10.5 Å². The van der Waals surface area contributed by atoms with E-state index in [1.807, 2.05) is 43.3 Å². The second-order valence-electron chi connectivity index (χ2n) is 4.92.